The number of rotatable bonds is 1. The van der Waals surface area contributed by atoms with Gasteiger partial charge in [0.25, 0.3) is 5.56 Å². The van der Waals surface area contributed by atoms with Gasteiger partial charge in [0.05, 0.1) is 5.56 Å². The van der Waals surface area contributed by atoms with Crippen molar-refractivity contribution in [3.8, 4) is 0 Å². The summed E-state index contributed by atoms with van der Waals surface area (Å²) in [5.41, 5.74) is -0.184. The van der Waals surface area contributed by atoms with Gasteiger partial charge in [-0.1, -0.05) is 0 Å². The number of aromatic carboxylic acids is 1. The molecule has 5 nitrogen and oxygen atoms in total. The molecule has 0 spiro atoms. The smallest absolute Gasteiger partial charge is 0.336 e. The Morgan fingerprint density at radius 2 is 2.13 bits per heavy atom. The topological polar surface area (TPSA) is 62.5 Å². The number of fused-ring (bicyclic) bond motifs is 1. The highest BCUT2D eigenvalue weighted by Crippen LogP contribution is 2.17. The zero-order chi connectivity index (χ0) is 11.0. The van der Waals surface area contributed by atoms with Crippen LogP contribution in [0.1, 0.15) is 16.8 Å². The van der Waals surface area contributed by atoms with Crippen LogP contribution in [-0.4, -0.2) is 29.2 Å². The molecule has 1 aliphatic heterocycles. The number of hydrogen-bond donors (Lipinski definition) is 1. The number of anilines is 1. The Kier molecular flexibility index (Phi) is 2.22. The van der Waals surface area contributed by atoms with E-state index in [0.717, 1.165) is 13.0 Å². The van der Waals surface area contributed by atoms with Crippen LogP contribution in [0.5, 0.6) is 0 Å². The van der Waals surface area contributed by atoms with Crippen LogP contribution in [0.2, 0.25) is 0 Å². The number of pyridine rings is 1. The second-order valence-electron chi connectivity index (χ2n) is 3.67. The average Bonchev–Trinajstić information content (AvgIpc) is 2.19. The normalized spacial score (nSPS) is 14.9. The van der Waals surface area contributed by atoms with Crippen LogP contribution < -0.4 is 10.5 Å². The summed E-state index contributed by atoms with van der Waals surface area (Å²) in [4.78, 5) is 24.3. The second kappa shape index (κ2) is 3.42. The van der Waals surface area contributed by atoms with Crippen molar-refractivity contribution in [3.05, 3.63) is 28.0 Å². The molecule has 1 aromatic rings. The molecule has 0 atom stereocenters. The van der Waals surface area contributed by atoms with Crippen LogP contribution in [0.3, 0.4) is 0 Å². The van der Waals surface area contributed by atoms with Crippen molar-refractivity contribution in [2.45, 2.75) is 13.0 Å². The van der Waals surface area contributed by atoms with Gasteiger partial charge in [-0.3, -0.25) is 9.36 Å². The zero-order valence-corrected chi connectivity index (χ0v) is 8.43. The Labute approximate surface area is 86.6 Å². The fraction of sp³-hybridized carbons (Fsp3) is 0.400. The maximum absolute atomic E-state index is 11.6. The van der Waals surface area contributed by atoms with Gasteiger partial charge in [-0.15, -0.1) is 0 Å². The van der Waals surface area contributed by atoms with E-state index in [1.165, 1.54) is 6.07 Å². The average molecular weight is 208 g/mol. The van der Waals surface area contributed by atoms with Crippen LogP contribution >= 0.6 is 0 Å². The molecule has 1 aromatic heterocycles. The van der Waals surface area contributed by atoms with Crippen LogP contribution in [-0.2, 0) is 6.54 Å². The summed E-state index contributed by atoms with van der Waals surface area (Å²) < 4.78 is 1.61. The van der Waals surface area contributed by atoms with Crippen molar-refractivity contribution in [1.82, 2.24) is 4.57 Å². The molecule has 0 saturated heterocycles. The van der Waals surface area contributed by atoms with Gasteiger partial charge >= 0.3 is 5.97 Å². The van der Waals surface area contributed by atoms with E-state index in [-0.39, 0.29) is 11.1 Å². The van der Waals surface area contributed by atoms with Gasteiger partial charge in [0, 0.05) is 26.2 Å². The highest BCUT2D eigenvalue weighted by atomic mass is 16.4. The number of aromatic nitrogens is 1. The maximum Gasteiger partial charge on any atom is 0.336 e. The van der Waals surface area contributed by atoms with Crippen molar-refractivity contribution in [2.75, 3.05) is 18.5 Å². The standard InChI is InChI=1S/C10H12N2O3/c1-11-3-2-4-12-8(11)5-7(10(14)15)6-9(12)13/h5-6H,2-4H2,1H3,(H,14,15). The number of carboxylic acid groups (broad SMARTS) is 1. The lowest BCUT2D eigenvalue weighted by Crippen LogP contribution is -2.35. The molecule has 0 aromatic carbocycles. The summed E-state index contributed by atoms with van der Waals surface area (Å²) in [5, 5.41) is 8.83. The quantitative estimate of drug-likeness (QED) is 0.725. The van der Waals surface area contributed by atoms with Crippen molar-refractivity contribution in [1.29, 1.82) is 0 Å². The van der Waals surface area contributed by atoms with Crippen molar-refractivity contribution in [3.63, 3.8) is 0 Å². The molecule has 1 aliphatic rings. The lowest BCUT2D eigenvalue weighted by atomic mass is 10.2. The predicted molar refractivity (Wildman–Crippen MR) is 55.5 cm³/mol. The Morgan fingerprint density at radius 3 is 2.80 bits per heavy atom. The van der Waals surface area contributed by atoms with Crippen molar-refractivity contribution >= 4 is 11.8 Å². The van der Waals surface area contributed by atoms with Crippen LogP contribution in [0.4, 0.5) is 5.82 Å². The van der Waals surface area contributed by atoms with E-state index in [4.69, 9.17) is 5.11 Å². The van der Waals surface area contributed by atoms with E-state index >= 15 is 0 Å². The van der Waals surface area contributed by atoms with Gasteiger partial charge in [-0.25, -0.2) is 4.79 Å². The van der Waals surface area contributed by atoms with Crippen LogP contribution in [0.15, 0.2) is 16.9 Å². The van der Waals surface area contributed by atoms with Crippen LogP contribution in [0.25, 0.3) is 0 Å². The van der Waals surface area contributed by atoms with Crippen molar-refractivity contribution < 1.29 is 9.90 Å². The Morgan fingerprint density at radius 1 is 1.40 bits per heavy atom. The molecule has 1 N–H and O–H groups in total. The highest BCUT2D eigenvalue weighted by molar-refractivity contribution is 5.88. The van der Waals surface area contributed by atoms with E-state index in [0.29, 0.717) is 12.4 Å². The summed E-state index contributed by atoms with van der Waals surface area (Å²) in [6.07, 6.45) is 0.913. The molecule has 2 heterocycles. The molecular formula is C10H12N2O3. The highest BCUT2D eigenvalue weighted by Gasteiger charge is 2.17. The van der Waals surface area contributed by atoms with E-state index in [9.17, 15) is 9.59 Å². The van der Waals surface area contributed by atoms with Crippen LogP contribution in [0, 0.1) is 0 Å². The maximum atomic E-state index is 11.6. The third-order valence-corrected chi connectivity index (χ3v) is 2.62. The molecule has 5 heteroatoms. The van der Waals surface area contributed by atoms with Gasteiger partial charge in [-0.2, -0.15) is 0 Å². The van der Waals surface area contributed by atoms with Crippen molar-refractivity contribution in [2.24, 2.45) is 0 Å². The summed E-state index contributed by atoms with van der Waals surface area (Å²) in [5.74, 6) is -0.374. The number of nitrogens with zero attached hydrogens (tertiary/aromatic N) is 2. The minimum Gasteiger partial charge on any atom is -0.478 e. The van der Waals surface area contributed by atoms with Gasteiger partial charge in [-0.05, 0) is 12.5 Å². The SMILES string of the molecule is CN1CCCn2c1cc(C(=O)O)cc2=O. The molecule has 0 bridgehead atoms. The molecule has 2 rings (SSSR count). The number of hydrogen-bond acceptors (Lipinski definition) is 3. The molecule has 0 aliphatic carbocycles. The Hall–Kier alpha value is -1.78. The van der Waals surface area contributed by atoms with Gasteiger partial charge in [0.2, 0.25) is 0 Å². The van der Waals surface area contributed by atoms with Gasteiger partial charge < -0.3 is 10.0 Å². The first kappa shape index (κ1) is 9.76. The first-order valence-corrected chi connectivity index (χ1v) is 4.79. The molecule has 0 radical (unpaired) electrons. The molecule has 0 fully saturated rings. The van der Waals surface area contributed by atoms with E-state index in [1.54, 1.807) is 10.6 Å². The minimum absolute atomic E-state index is 0.0556. The monoisotopic (exact) mass is 208 g/mol. The van der Waals surface area contributed by atoms with Gasteiger partial charge in [0.15, 0.2) is 0 Å². The summed E-state index contributed by atoms with van der Waals surface area (Å²) in [6, 6.07) is 2.72. The molecule has 0 unspecified atom stereocenters. The fourth-order valence-corrected chi connectivity index (χ4v) is 1.83. The third-order valence-electron chi connectivity index (χ3n) is 2.62. The minimum atomic E-state index is -1.06. The molecule has 0 saturated carbocycles. The van der Waals surface area contributed by atoms with E-state index in [2.05, 4.69) is 0 Å². The third kappa shape index (κ3) is 1.60. The second-order valence-corrected chi connectivity index (χ2v) is 3.67. The number of carbonyl (C=O) groups is 1. The molecule has 0 amide bonds. The van der Waals surface area contributed by atoms with Gasteiger partial charge in [0.1, 0.15) is 5.82 Å². The summed E-state index contributed by atoms with van der Waals surface area (Å²) in [6.45, 7) is 1.51. The molecular weight excluding hydrogens is 196 g/mol. The lowest BCUT2D eigenvalue weighted by Gasteiger charge is -2.28. The largest absolute Gasteiger partial charge is 0.478 e. The summed E-state index contributed by atoms with van der Waals surface area (Å²) >= 11 is 0. The molecule has 15 heavy (non-hydrogen) atoms. The summed E-state index contributed by atoms with van der Waals surface area (Å²) in [7, 11) is 1.86. The fourth-order valence-electron chi connectivity index (χ4n) is 1.83. The first-order chi connectivity index (χ1) is 7.09. The lowest BCUT2D eigenvalue weighted by molar-refractivity contribution is 0.0696. The number of carboxylic acids is 1. The van der Waals surface area contributed by atoms with E-state index in [1.807, 2.05) is 11.9 Å². The molecule has 80 valence electrons. The Bertz CT molecular complexity index is 464. The zero-order valence-electron chi connectivity index (χ0n) is 8.43. The van der Waals surface area contributed by atoms with E-state index < -0.39 is 5.97 Å². The Balaban J connectivity index is 2.62. The predicted octanol–water partition coefficient (Wildman–Crippen LogP) is 0.386. The first-order valence-electron chi connectivity index (χ1n) is 4.79.